The fourth-order valence-electron chi connectivity index (χ4n) is 2.50. The molecule has 1 aliphatic carbocycles. The zero-order valence-electron chi connectivity index (χ0n) is 10.9. The summed E-state index contributed by atoms with van der Waals surface area (Å²) in [4.78, 5) is 0. The van der Waals surface area contributed by atoms with Gasteiger partial charge in [-0.2, -0.15) is 0 Å². The lowest BCUT2D eigenvalue weighted by Gasteiger charge is -2.17. The second-order valence-corrected chi connectivity index (χ2v) is 6.05. The van der Waals surface area contributed by atoms with Crippen LogP contribution in [0.4, 0.5) is 4.39 Å². The number of benzene rings is 1. The van der Waals surface area contributed by atoms with Crippen LogP contribution in [0.15, 0.2) is 22.7 Å². The third-order valence-electron chi connectivity index (χ3n) is 3.63. The summed E-state index contributed by atoms with van der Waals surface area (Å²) in [6.45, 7) is 3.19. The maximum Gasteiger partial charge on any atom is 0.127 e. The zero-order chi connectivity index (χ0) is 13.0. The van der Waals surface area contributed by atoms with E-state index < -0.39 is 0 Å². The second-order valence-electron chi connectivity index (χ2n) is 5.13. The van der Waals surface area contributed by atoms with Gasteiger partial charge in [-0.1, -0.05) is 28.9 Å². The Labute approximate surface area is 117 Å². The summed E-state index contributed by atoms with van der Waals surface area (Å²) < 4.78 is 14.5. The van der Waals surface area contributed by atoms with E-state index >= 15 is 0 Å². The fraction of sp³-hybridized carbons (Fsp3) is 0.600. The first kappa shape index (κ1) is 14.0. The van der Waals surface area contributed by atoms with Crippen LogP contribution in [-0.2, 0) is 6.42 Å². The van der Waals surface area contributed by atoms with Crippen LogP contribution in [0.3, 0.4) is 0 Å². The summed E-state index contributed by atoms with van der Waals surface area (Å²) in [6, 6.07) is 6.01. The smallest absolute Gasteiger partial charge is 0.127 e. The summed E-state index contributed by atoms with van der Waals surface area (Å²) in [7, 11) is 0. The van der Waals surface area contributed by atoms with Crippen LogP contribution in [0.1, 0.15) is 38.2 Å². The Morgan fingerprint density at radius 2 is 2.22 bits per heavy atom. The van der Waals surface area contributed by atoms with Gasteiger partial charge in [0.1, 0.15) is 5.82 Å². The van der Waals surface area contributed by atoms with Gasteiger partial charge in [0, 0.05) is 10.5 Å². The van der Waals surface area contributed by atoms with Crippen molar-refractivity contribution in [2.24, 2.45) is 5.92 Å². The zero-order valence-corrected chi connectivity index (χ0v) is 12.5. The number of halogens is 2. The van der Waals surface area contributed by atoms with E-state index in [2.05, 4.69) is 28.2 Å². The van der Waals surface area contributed by atoms with E-state index in [4.69, 9.17) is 0 Å². The largest absolute Gasteiger partial charge is 0.314 e. The lowest BCUT2D eigenvalue weighted by Crippen LogP contribution is -2.30. The lowest BCUT2D eigenvalue weighted by atomic mass is 10.0. The van der Waals surface area contributed by atoms with Crippen LogP contribution in [0.25, 0.3) is 0 Å². The van der Waals surface area contributed by atoms with Crippen molar-refractivity contribution in [2.75, 3.05) is 6.54 Å². The monoisotopic (exact) mass is 313 g/mol. The Bertz CT molecular complexity index is 390. The van der Waals surface area contributed by atoms with Crippen LogP contribution in [0.2, 0.25) is 0 Å². The number of aryl methyl sites for hydroxylation is 1. The lowest BCUT2D eigenvalue weighted by molar-refractivity contribution is 0.433. The minimum Gasteiger partial charge on any atom is -0.314 e. The Kier molecular flexibility index (Phi) is 5.19. The van der Waals surface area contributed by atoms with Gasteiger partial charge >= 0.3 is 0 Å². The van der Waals surface area contributed by atoms with E-state index in [0.717, 1.165) is 41.8 Å². The summed E-state index contributed by atoms with van der Waals surface area (Å²) >= 11 is 3.29. The molecule has 1 fully saturated rings. The molecule has 0 aliphatic heterocycles. The van der Waals surface area contributed by atoms with Crippen molar-refractivity contribution < 1.29 is 4.39 Å². The van der Waals surface area contributed by atoms with Gasteiger partial charge in [0.25, 0.3) is 0 Å². The minimum absolute atomic E-state index is 0.0872. The Morgan fingerprint density at radius 3 is 2.83 bits per heavy atom. The molecule has 1 N–H and O–H groups in total. The van der Waals surface area contributed by atoms with Gasteiger partial charge in [0.05, 0.1) is 0 Å². The number of nitrogens with one attached hydrogen (secondary N) is 1. The average molecular weight is 314 g/mol. The topological polar surface area (TPSA) is 12.0 Å². The van der Waals surface area contributed by atoms with Gasteiger partial charge < -0.3 is 5.32 Å². The van der Waals surface area contributed by atoms with E-state index in [1.807, 2.05) is 12.1 Å². The molecule has 0 saturated heterocycles. The highest BCUT2D eigenvalue weighted by atomic mass is 79.9. The molecular weight excluding hydrogens is 293 g/mol. The van der Waals surface area contributed by atoms with Crippen LogP contribution in [-0.4, -0.2) is 12.6 Å². The summed E-state index contributed by atoms with van der Waals surface area (Å²) in [6.07, 6.45) is 5.79. The SMILES string of the molecule is CCNC(CCCc1ccc(Br)cc1F)C1CC1. The van der Waals surface area contributed by atoms with Gasteiger partial charge in [-0.05, 0) is 62.3 Å². The molecule has 1 aromatic carbocycles. The highest BCUT2D eigenvalue weighted by Gasteiger charge is 2.29. The van der Waals surface area contributed by atoms with Crippen LogP contribution >= 0.6 is 15.9 Å². The fourth-order valence-corrected chi connectivity index (χ4v) is 2.84. The van der Waals surface area contributed by atoms with E-state index in [1.165, 1.54) is 12.8 Å². The van der Waals surface area contributed by atoms with Gasteiger partial charge in [-0.15, -0.1) is 0 Å². The summed E-state index contributed by atoms with van der Waals surface area (Å²) in [5.41, 5.74) is 0.837. The highest BCUT2D eigenvalue weighted by Crippen LogP contribution is 2.34. The predicted octanol–water partition coefficient (Wildman–Crippen LogP) is 4.30. The molecule has 18 heavy (non-hydrogen) atoms. The molecule has 1 saturated carbocycles. The van der Waals surface area contributed by atoms with Crippen LogP contribution < -0.4 is 5.32 Å². The number of hydrogen-bond donors (Lipinski definition) is 1. The Hall–Kier alpha value is -0.410. The molecule has 1 aromatic rings. The van der Waals surface area contributed by atoms with E-state index in [9.17, 15) is 4.39 Å². The predicted molar refractivity (Wildman–Crippen MR) is 77.2 cm³/mol. The normalized spacial score (nSPS) is 16.8. The molecule has 2 rings (SSSR count). The van der Waals surface area contributed by atoms with Gasteiger partial charge in [0.2, 0.25) is 0 Å². The second kappa shape index (κ2) is 6.67. The first-order valence-corrected chi connectivity index (χ1v) is 7.67. The molecule has 100 valence electrons. The van der Waals surface area contributed by atoms with Crippen molar-refractivity contribution in [3.8, 4) is 0 Å². The molecule has 1 aliphatic rings. The number of rotatable bonds is 7. The first-order valence-electron chi connectivity index (χ1n) is 6.88. The van der Waals surface area contributed by atoms with Crippen molar-refractivity contribution >= 4 is 15.9 Å². The van der Waals surface area contributed by atoms with Crippen molar-refractivity contribution in [1.29, 1.82) is 0 Å². The van der Waals surface area contributed by atoms with Gasteiger partial charge in [0.15, 0.2) is 0 Å². The number of hydrogen-bond acceptors (Lipinski definition) is 1. The average Bonchev–Trinajstić information content (AvgIpc) is 3.15. The Morgan fingerprint density at radius 1 is 1.44 bits per heavy atom. The molecule has 0 radical (unpaired) electrons. The molecule has 1 atom stereocenters. The van der Waals surface area contributed by atoms with E-state index in [-0.39, 0.29) is 5.82 Å². The molecule has 1 unspecified atom stereocenters. The van der Waals surface area contributed by atoms with Crippen LogP contribution in [0, 0.1) is 11.7 Å². The molecule has 1 nitrogen and oxygen atoms in total. The van der Waals surface area contributed by atoms with Crippen molar-refractivity contribution in [3.63, 3.8) is 0 Å². The minimum atomic E-state index is -0.0872. The quantitative estimate of drug-likeness (QED) is 0.791. The molecular formula is C15H21BrFN. The van der Waals surface area contributed by atoms with Crippen molar-refractivity contribution in [2.45, 2.75) is 45.1 Å². The molecule has 0 heterocycles. The van der Waals surface area contributed by atoms with Gasteiger partial charge in [-0.3, -0.25) is 0 Å². The third kappa shape index (κ3) is 4.06. The summed E-state index contributed by atoms with van der Waals surface area (Å²) in [5.74, 6) is 0.788. The van der Waals surface area contributed by atoms with E-state index in [0.29, 0.717) is 6.04 Å². The standard InChI is InChI=1S/C15H21BrFN/c1-2-18-15(12-6-7-12)5-3-4-11-8-9-13(16)10-14(11)17/h8-10,12,15,18H,2-7H2,1H3. The molecule has 0 bridgehead atoms. The molecule has 0 spiro atoms. The third-order valence-corrected chi connectivity index (χ3v) is 4.13. The first-order chi connectivity index (χ1) is 8.70. The van der Waals surface area contributed by atoms with Crippen molar-refractivity contribution in [1.82, 2.24) is 5.32 Å². The molecule has 0 aromatic heterocycles. The maximum atomic E-state index is 13.6. The summed E-state index contributed by atoms with van der Waals surface area (Å²) in [5, 5.41) is 3.55. The van der Waals surface area contributed by atoms with E-state index in [1.54, 1.807) is 6.07 Å². The molecule has 0 amide bonds. The molecule has 3 heteroatoms. The van der Waals surface area contributed by atoms with Crippen LogP contribution in [0.5, 0.6) is 0 Å². The Balaban J connectivity index is 1.79. The maximum absolute atomic E-state index is 13.6. The van der Waals surface area contributed by atoms with Gasteiger partial charge in [-0.25, -0.2) is 4.39 Å². The van der Waals surface area contributed by atoms with Crippen molar-refractivity contribution in [3.05, 3.63) is 34.1 Å². The highest BCUT2D eigenvalue weighted by molar-refractivity contribution is 9.10.